The van der Waals surface area contributed by atoms with Crippen LogP contribution < -0.4 is 35.5 Å². The monoisotopic (exact) mass is 673 g/mol. The number of carbonyl (C=O) groups excluding carboxylic acids is 1. The molecule has 0 aliphatic carbocycles. The SMILES string of the molecule is COc1cc2nccc(Oc3ccc(NC(=O)Oc4cn(Cc5csc(C)n5)c(=O)n(-c5ccc(F)cc5)c4=O)cc3F)c2cc1OC. The van der Waals surface area contributed by atoms with Crippen molar-refractivity contribution in [2.75, 3.05) is 19.5 Å². The van der Waals surface area contributed by atoms with E-state index in [1.807, 2.05) is 0 Å². The van der Waals surface area contributed by atoms with Crippen molar-refractivity contribution in [2.24, 2.45) is 0 Å². The lowest BCUT2D eigenvalue weighted by molar-refractivity contribution is 0.214. The van der Waals surface area contributed by atoms with Gasteiger partial charge >= 0.3 is 17.3 Å². The van der Waals surface area contributed by atoms with Crippen molar-refractivity contribution in [3.05, 3.63) is 122 Å². The van der Waals surface area contributed by atoms with Gasteiger partial charge in [0.25, 0.3) is 0 Å². The third kappa shape index (κ3) is 6.57. The number of hydrogen-bond acceptors (Lipinski definition) is 10. The fourth-order valence-corrected chi connectivity index (χ4v) is 5.40. The Bertz CT molecular complexity index is 2290. The van der Waals surface area contributed by atoms with Crippen LogP contribution in [0.3, 0.4) is 0 Å². The average molecular weight is 674 g/mol. The summed E-state index contributed by atoms with van der Waals surface area (Å²) in [6, 6.07) is 13.2. The normalized spacial score (nSPS) is 10.9. The summed E-state index contributed by atoms with van der Waals surface area (Å²) in [5, 5.41) is 5.42. The third-order valence-corrected chi connectivity index (χ3v) is 7.84. The molecule has 3 aromatic carbocycles. The van der Waals surface area contributed by atoms with Gasteiger partial charge in [0, 0.05) is 34.8 Å². The van der Waals surface area contributed by atoms with Crippen LogP contribution >= 0.6 is 11.3 Å². The number of nitrogens with zero attached hydrogens (tertiary/aromatic N) is 4. The number of pyridine rings is 1. The van der Waals surface area contributed by atoms with Gasteiger partial charge in [-0.1, -0.05) is 0 Å². The van der Waals surface area contributed by atoms with Gasteiger partial charge < -0.3 is 18.9 Å². The second-order valence-electron chi connectivity index (χ2n) is 10.2. The van der Waals surface area contributed by atoms with Crippen LogP contribution in [0.5, 0.6) is 28.7 Å². The molecule has 0 radical (unpaired) electrons. The number of ether oxygens (including phenoxy) is 4. The van der Waals surface area contributed by atoms with Crippen LogP contribution in [0.15, 0.2) is 88.0 Å². The highest BCUT2D eigenvalue weighted by molar-refractivity contribution is 7.09. The van der Waals surface area contributed by atoms with Gasteiger partial charge in [0.2, 0.25) is 5.75 Å². The van der Waals surface area contributed by atoms with Crippen molar-refractivity contribution in [1.29, 1.82) is 0 Å². The molecule has 0 bridgehead atoms. The zero-order valence-electron chi connectivity index (χ0n) is 25.5. The molecule has 0 unspecified atom stereocenters. The number of amides is 1. The molecule has 12 nitrogen and oxygen atoms in total. The number of fused-ring (bicyclic) bond motifs is 1. The fraction of sp³-hybridized carbons (Fsp3) is 0.121. The smallest absolute Gasteiger partial charge is 0.417 e. The van der Waals surface area contributed by atoms with E-state index >= 15 is 4.39 Å². The van der Waals surface area contributed by atoms with Crippen molar-refractivity contribution in [1.82, 2.24) is 19.1 Å². The first-order valence-electron chi connectivity index (χ1n) is 14.1. The molecule has 0 saturated carbocycles. The Balaban J connectivity index is 1.25. The number of methoxy groups -OCH3 is 2. The summed E-state index contributed by atoms with van der Waals surface area (Å²) in [5.74, 6) is -0.867. The molecule has 3 heterocycles. The van der Waals surface area contributed by atoms with Gasteiger partial charge in [0.15, 0.2) is 23.1 Å². The molecule has 0 atom stereocenters. The Morgan fingerprint density at radius 1 is 0.917 bits per heavy atom. The number of carbonyl (C=O) groups is 1. The van der Waals surface area contributed by atoms with Gasteiger partial charge in [0.1, 0.15) is 11.6 Å². The van der Waals surface area contributed by atoms with Crippen molar-refractivity contribution in [3.63, 3.8) is 0 Å². The average Bonchev–Trinajstić information content (AvgIpc) is 3.49. The highest BCUT2D eigenvalue weighted by atomic mass is 32.1. The van der Waals surface area contributed by atoms with Crippen LogP contribution in [0.1, 0.15) is 10.7 Å². The minimum atomic E-state index is -1.14. The Morgan fingerprint density at radius 2 is 1.67 bits per heavy atom. The van der Waals surface area contributed by atoms with Crippen LogP contribution in [0.2, 0.25) is 0 Å². The zero-order valence-corrected chi connectivity index (χ0v) is 26.3. The summed E-state index contributed by atoms with van der Waals surface area (Å²) in [7, 11) is 2.98. The van der Waals surface area contributed by atoms with Crippen molar-refractivity contribution in [2.45, 2.75) is 13.5 Å². The van der Waals surface area contributed by atoms with E-state index in [1.165, 1.54) is 56.0 Å². The zero-order chi connectivity index (χ0) is 33.9. The molecule has 3 aromatic heterocycles. The molecule has 1 amide bonds. The Labute approximate surface area is 274 Å². The van der Waals surface area contributed by atoms with Crippen LogP contribution in [0.4, 0.5) is 19.3 Å². The standard InChI is InChI=1S/C33H25F2N5O7S/c1-18-37-21(17-48-18)15-39-16-30(31(41)40(33(39)43)22-7-4-19(34)5-8-22)47-32(42)38-20-6-9-27(24(35)12-20)46-26-10-11-36-25-14-29(45-3)28(44-2)13-23(25)26/h4-14,16-17H,15H2,1-3H3,(H,38,42). The van der Waals surface area contributed by atoms with E-state index < -0.39 is 34.7 Å². The van der Waals surface area contributed by atoms with E-state index in [0.717, 1.165) is 38.5 Å². The summed E-state index contributed by atoms with van der Waals surface area (Å²) < 4.78 is 52.5. The molecular weight excluding hydrogens is 648 g/mol. The van der Waals surface area contributed by atoms with Gasteiger partial charge in [-0.3, -0.25) is 19.7 Å². The second kappa shape index (κ2) is 13.3. The first-order chi connectivity index (χ1) is 23.1. The van der Waals surface area contributed by atoms with Crippen LogP contribution in [0.25, 0.3) is 16.6 Å². The fourth-order valence-electron chi connectivity index (χ4n) is 4.79. The molecule has 0 aliphatic heterocycles. The number of halogens is 2. The molecule has 0 fully saturated rings. The van der Waals surface area contributed by atoms with Gasteiger partial charge in [-0.2, -0.15) is 0 Å². The van der Waals surface area contributed by atoms with Crippen molar-refractivity contribution >= 4 is 34.0 Å². The highest BCUT2D eigenvalue weighted by Crippen LogP contribution is 2.37. The number of hydrogen-bond donors (Lipinski definition) is 1. The number of thiazole rings is 1. The number of nitrogens with one attached hydrogen (secondary N) is 1. The molecular formula is C33H25F2N5O7S. The Morgan fingerprint density at radius 3 is 2.35 bits per heavy atom. The maximum atomic E-state index is 15.2. The topological polar surface area (TPSA) is 136 Å². The molecule has 6 aromatic rings. The number of benzene rings is 3. The third-order valence-electron chi connectivity index (χ3n) is 7.02. The van der Waals surface area contributed by atoms with Crippen molar-refractivity contribution < 1.29 is 32.5 Å². The predicted molar refractivity (Wildman–Crippen MR) is 173 cm³/mol. The number of rotatable bonds is 9. The minimum absolute atomic E-state index is 0.0130. The molecule has 1 N–H and O–H groups in total. The molecule has 0 aliphatic rings. The van der Waals surface area contributed by atoms with E-state index in [4.69, 9.17) is 18.9 Å². The summed E-state index contributed by atoms with van der Waals surface area (Å²) >= 11 is 1.37. The van der Waals surface area contributed by atoms with E-state index in [0.29, 0.717) is 33.8 Å². The number of aryl methyl sites for hydroxylation is 1. The molecule has 0 saturated heterocycles. The van der Waals surface area contributed by atoms with E-state index in [2.05, 4.69) is 15.3 Å². The maximum absolute atomic E-state index is 15.2. The summed E-state index contributed by atoms with van der Waals surface area (Å²) in [6.07, 6.45) is 1.44. The summed E-state index contributed by atoms with van der Waals surface area (Å²) in [6.45, 7) is 1.76. The molecule has 15 heteroatoms. The molecule has 48 heavy (non-hydrogen) atoms. The Kier molecular flexibility index (Phi) is 8.85. The van der Waals surface area contributed by atoms with Crippen LogP contribution in [-0.2, 0) is 6.54 Å². The van der Waals surface area contributed by atoms with Gasteiger partial charge in [-0.25, -0.2) is 27.9 Å². The van der Waals surface area contributed by atoms with Gasteiger partial charge in [0.05, 0.1) is 48.9 Å². The first-order valence-corrected chi connectivity index (χ1v) is 15.0. The molecule has 0 spiro atoms. The lowest BCUT2D eigenvalue weighted by atomic mass is 10.2. The van der Waals surface area contributed by atoms with Gasteiger partial charge in [-0.05, 0) is 55.5 Å². The summed E-state index contributed by atoms with van der Waals surface area (Å²) in [4.78, 5) is 48.3. The lowest BCUT2D eigenvalue weighted by Gasteiger charge is -2.14. The van der Waals surface area contributed by atoms with Crippen LogP contribution in [0, 0.1) is 18.6 Å². The Hall–Kier alpha value is -6.09. The quantitative estimate of drug-likeness (QED) is 0.194. The van der Waals surface area contributed by atoms with E-state index in [-0.39, 0.29) is 23.7 Å². The van der Waals surface area contributed by atoms with E-state index in [1.54, 1.807) is 30.5 Å². The van der Waals surface area contributed by atoms with E-state index in [9.17, 15) is 18.8 Å². The first kappa shape index (κ1) is 31.9. The summed E-state index contributed by atoms with van der Waals surface area (Å²) in [5.41, 5.74) is -0.629. The minimum Gasteiger partial charge on any atom is -0.493 e. The lowest BCUT2D eigenvalue weighted by Crippen LogP contribution is -2.40. The highest BCUT2D eigenvalue weighted by Gasteiger charge is 2.19. The molecule has 6 rings (SSSR count). The number of anilines is 1. The van der Waals surface area contributed by atoms with Crippen molar-refractivity contribution in [3.8, 4) is 34.4 Å². The maximum Gasteiger partial charge on any atom is 0.417 e. The predicted octanol–water partition coefficient (Wildman–Crippen LogP) is 6.06. The van der Waals surface area contributed by atoms with Gasteiger partial charge in [-0.15, -0.1) is 11.3 Å². The largest absolute Gasteiger partial charge is 0.493 e. The van der Waals surface area contributed by atoms with Crippen LogP contribution in [-0.4, -0.2) is 39.4 Å². The number of aromatic nitrogens is 4. The molecule has 244 valence electrons. The second-order valence-corrected chi connectivity index (χ2v) is 11.2.